The van der Waals surface area contributed by atoms with E-state index in [1.54, 1.807) is 0 Å². The average Bonchev–Trinajstić information content (AvgIpc) is 2.83. The highest BCUT2D eigenvalue weighted by molar-refractivity contribution is 7.99. The van der Waals surface area contributed by atoms with Gasteiger partial charge in [-0.25, -0.2) is 0 Å². The fraction of sp³-hybridized carbons (Fsp3) is 1.00. The maximum Gasteiger partial charge on any atom is 0.0620 e. The molecule has 2 aliphatic rings. The molecule has 4 heteroatoms. The Balaban J connectivity index is 1.74. The first-order valence-electron chi connectivity index (χ1n) is 6.38. The first-order chi connectivity index (χ1) is 7.77. The Labute approximate surface area is 103 Å². The molecule has 2 heterocycles. The maximum atomic E-state index is 5.50. The molecule has 2 rings (SSSR count). The summed E-state index contributed by atoms with van der Waals surface area (Å²) < 4.78 is 5.50. The molecule has 3 unspecified atom stereocenters. The lowest BCUT2D eigenvalue weighted by molar-refractivity contribution is 0.0612. The summed E-state index contributed by atoms with van der Waals surface area (Å²) in [5.41, 5.74) is 0. The number of morpholine rings is 1. The molecule has 2 saturated heterocycles. The van der Waals surface area contributed by atoms with Crippen molar-refractivity contribution >= 4 is 11.8 Å². The summed E-state index contributed by atoms with van der Waals surface area (Å²) in [6, 6.07) is 2.01. The van der Waals surface area contributed by atoms with Gasteiger partial charge in [0.2, 0.25) is 0 Å². The lowest BCUT2D eigenvalue weighted by Gasteiger charge is -2.34. The van der Waals surface area contributed by atoms with Gasteiger partial charge in [0, 0.05) is 30.4 Å². The third-order valence-corrected chi connectivity index (χ3v) is 4.95. The standard InChI is InChI=1S/C12H24N2OS/c1-10(7-11-8-15-5-4-13-11)14(2)12-3-6-16-9-12/h10-13H,3-9H2,1-2H3. The third kappa shape index (κ3) is 3.36. The molecule has 0 saturated carbocycles. The summed E-state index contributed by atoms with van der Waals surface area (Å²) in [5.74, 6) is 2.65. The molecule has 16 heavy (non-hydrogen) atoms. The molecule has 3 nitrogen and oxygen atoms in total. The molecule has 2 fully saturated rings. The molecule has 0 bridgehead atoms. The van der Waals surface area contributed by atoms with E-state index in [0.717, 1.165) is 25.8 Å². The fourth-order valence-corrected chi connectivity index (χ4v) is 3.83. The molecule has 0 aromatic carbocycles. The Morgan fingerprint density at radius 2 is 2.44 bits per heavy atom. The van der Waals surface area contributed by atoms with Crippen molar-refractivity contribution in [3.63, 3.8) is 0 Å². The van der Waals surface area contributed by atoms with Gasteiger partial charge in [0.25, 0.3) is 0 Å². The summed E-state index contributed by atoms with van der Waals surface area (Å²) in [5, 5.41) is 3.54. The number of thioether (sulfide) groups is 1. The van der Waals surface area contributed by atoms with Gasteiger partial charge in [-0.2, -0.15) is 11.8 Å². The Morgan fingerprint density at radius 1 is 1.56 bits per heavy atom. The predicted molar refractivity (Wildman–Crippen MR) is 70.2 cm³/mol. The largest absolute Gasteiger partial charge is 0.379 e. The van der Waals surface area contributed by atoms with E-state index in [2.05, 4.69) is 35.9 Å². The van der Waals surface area contributed by atoms with Gasteiger partial charge in [0.05, 0.1) is 13.2 Å². The smallest absolute Gasteiger partial charge is 0.0620 e. The summed E-state index contributed by atoms with van der Waals surface area (Å²) in [6.07, 6.45) is 2.57. The Kier molecular flexibility index (Phi) is 4.95. The highest BCUT2D eigenvalue weighted by Crippen LogP contribution is 2.23. The number of nitrogens with one attached hydrogen (secondary N) is 1. The quantitative estimate of drug-likeness (QED) is 0.803. The molecule has 94 valence electrons. The van der Waals surface area contributed by atoms with Crippen LogP contribution in [0.4, 0.5) is 0 Å². The lowest BCUT2D eigenvalue weighted by atomic mass is 10.1. The normalized spacial score (nSPS) is 33.2. The van der Waals surface area contributed by atoms with Crippen LogP contribution in [-0.4, -0.2) is 61.3 Å². The number of ether oxygens (including phenoxy) is 1. The molecule has 1 N–H and O–H groups in total. The average molecular weight is 244 g/mol. The number of hydrogen-bond acceptors (Lipinski definition) is 4. The first kappa shape index (κ1) is 12.7. The van der Waals surface area contributed by atoms with Crippen molar-refractivity contribution in [1.82, 2.24) is 10.2 Å². The molecular weight excluding hydrogens is 220 g/mol. The van der Waals surface area contributed by atoms with E-state index in [9.17, 15) is 0 Å². The molecule has 2 aliphatic heterocycles. The fourth-order valence-electron chi connectivity index (χ4n) is 2.55. The number of nitrogens with zero attached hydrogens (tertiary/aromatic N) is 1. The van der Waals surface area contributed by atoms with Crippen molar-refractivity contribution in [2.45, 2.75) is 37.9 Å². The van der Waals surface area contributed by atoms with E-state index >= 15 is 0 Å². The zero-order chi connectivity index (χ0) is 11.4. The Hall–Kier alpha value is 0.230. The Bertz CT molecular complexity index is 203. The summed E-state index contributed by atoms with van der Waals surface area (Å²) in [7, 11) is 2.28. The van der Waals surface area contributed by atoms with E-state index in [4.69, 9.17) is 4.74 Å². The van der Waals surface area contributed by atoms with Crippen LogP contribution in [0, 0.1) is 0 Å². The van der Waals surface area contributed by atoms with Gasteiger partial charge < -0.3 is 10.1 Å². The predicted octanol–water partition coefficient (Wildman–Crippen LogP) is 1.19. The van der Waals surface area contributed by atoms with Gasteiger partial charge in [-0.3, -0.25) is 4.90 Å². The van der Waals surface area contributed by atoms with Crippen molar-refractivity contribution < 1.29 is 4.74 Å². The van der Waals surface area contributed by atoms with Crippen LogP contribution >= 0.6 is 11.8 Å². The zero-order valence-corrected chi connectivity index (χ0v) is 11.3. The minimum Gasteiger partial charge on any atom is -0.379 e. The van der Waals surface area contributed by atoms with Gasteiger partial charge in [0.15, 0.2) is 0 Å². The molecule has 0 aromatic rings. The van der Waals surface area contributed by atoms with Crippen LogP contribution in [0.1, 0.15) is 19.8 Å². The minimum atomic E-state index is 0.556. The van der Waals surface area contributed by atoms with Gasteiger partial charge >= 0.3 is 0 Å². The number of hydrogen-bond donors (Lipinski definition) is 1. The van der Waals surface area contributed by atoms with Crippen LogP contribution in [0.2, 0.25) is 0 Å². The topological polar surface area (TPSA) is 24.5 Å². The first-order valence-corrected chi connectivity index (χ1v) is 7.53. The molecule has 3 atom stereocenters. The zero-order valence-electron chi connectivity index (χ0n) is 10.4. The van der Waals surface area contributed by atoms with E-state index in [-0.39, 0.29) is 0 Å². The third-order valence-electron chi connectivity index (χ3n) is 3.80. The van der Waals surface area contributed by atoms with Crippen LogP contribution in [-0.2, 0) is 4.74 Å². The van der Waals surface area contributed by atoms with Crippen molar-refractivity contribution in [3.05, 3.63) is 0 Å². The highest BCUT2D eigenvalue weighted by Gasteiger charge is 2.25. The summed E-state index contributed by atoms with van der Waals surface area (Å²) >= 11 is 2.09. The summed E-state index contributed by atoms with van der Waals surface area (Å²) in [6.45, 7) is 5.12. The van der Waals surface area contributed by atoms with E-state index in [1.807, 2.05) is 0 Å². The molecule has 0 aromatic heterocycles. The van der Waals surface area contributed by atoms with E-state index in [1.165, 1.54) is 24.3 Å². The lowest BCUT2D eigenvalue weighted by Crippen LogP contribution is -2.47. The van der Waals surface area contributed by atoms with Crippen LogP contribution in [0.15, 0.2) is 0 Å². The van der Waals surface area contributed by atoms with Crippen molar-refractivity contribution in [2.24, 2.45) is 0 Å². The monoisotopic (exact) mass is 244 g/mol. The second-order valence-electron chi connectivity index (χ2n) is 4.99. The molecule has 0 spiro atoms. The van der Waals surface area contributed by atoms with Crippen LogP contribution in [0.25, 0.3) is 0 Å². The van der Waals surface area contributed by atoms with Gasteiger partial charge in [-0.05, 0) is 32.6 Å². The van der Waals surface area contributed by atoms with E-state index < -0.39 is 0 Å². The van der Waals surface area contributed by atoms with Gasteiger partial charge in [-0.1, -0.05) is 0 Å². The van der Waals surface area contributed by atoms with Crippen molar-refractivity contribution in [2.75, 3.05) is 38.3 Å². The van der Waals surface area contributed by atoms with Crippen LogP contribution in [0.3, 0.4) is 0 Å². The maximum absolute atomic E-state index is 5.50. The second-order valence-corrected chi connectivity index (χ2v) is 6.14. The van der Waals surface area contributed by atoms with Crippen molar-refractivity contribution in [1.29, 1.82) is 0 Å². The second kappa shape index (κ2) is 6.24. The van der Waals surface area contributed by atoms with Crippen LogP contribution in [0.5, 0.6) is 0 Å². The van der Waals surface area contributed by atoms with Crippen LogP contribution < -0.4 is 5.32 Å². The molecule has 0 amide bonds. The SMILES string of the molecule is CC(CC1COCCN1)N(C)C1CCSC1. The summed E-state index contributed by atoms with van der Waals surface area (Å²) in [4.78, 5) is 2.57. The molecule has 0 radical (unpaired) electrons. The van der Waals surface area contributed by atoms with Crippen molar-refractivity contribution in [3.8, 4) is 0 Å². The molecular formula is C12H24N2OS. The van der Waals surface area contributed by atoms with Gasteiger partial charge in [-0.15, -0.1) is 0 Å². The minimum absolute atomic E-state index is 0.556. The highest BCUT2D eigenvalue weighted by atomic mass is 32.2. The van der Waals surface area contributed by atoms with Gasteiger partial charge in [0.1, 0.15) is 0 Å². The van der Waals surface area contributed by atoms with E-state index in [0.29, 0.717) is 12.1 Å². The Morgan fingerprint density at radius 3 is 3.06 bits per heavy atom. The number of rotatable bonds is 4. The molecule has 0 aliphatic carbocycles.